The van der Waals surface area contributed by atoms with Gasteiger partial charge < -0.3 is 10.1 Å². The van der Waals surface area contributed by atoms with Crippen LogP contribution in [0.15, 0.2) is 114 Å². The van der Waals surface area contributed by atoms with Crippen molar-refractivity contribution >= 4 is 23.3 Å². The number of rotatable bonds is 7. The van der Waals surface area contributed by atoms with Gasteiger partial charge in [0.25, 0.3) is 5.69 Å². The van der Waals surface area contributed by atoms with Gasteiger partial charge in [-0.2, -0.15) is 0 Å². The molecule has 3 atom stereocenters. The van der Waals surface area contributed by atoms with Gasteiger partial charge in [-0.3, -0.25) is 15.1 Å². The minimum atomic E-state index is -0.406. The topological polar surface area (TPSA) is 76.8 Å². The van der Waals surface area contributed by atoms with E-state index in [0.717, 1.165) is 23.2 Å². The summed E-state index contributed by atoms with van der Waals surface area (Å²) in [6.45, 7) is 0.312. The molecular weight excluding hydrogens is 474 g/mol. The normalized spacial score (nSPS) is 19.5. The zero-order valence-corrected chi connectivity index (χ0v) is 20.7. The summed E-state index contributed by atoms with van der Waals surface area (Å²) >= 11 is 0. The zero-order chi connectivity index (χ0) is 25.9. The molecule has 1 N–H and O–H groups in total. The van der Waals surface area contributed by atoms with Gasteiger partial charge in [0, 0.05) is 35.5 Å². The molecule has 4 aromatic carbocycles. The van der Waals surface area contributed by atoms with Gasteiger partial charge in [0.15, 0.2) is 0 Å². The number of anilines is 1. The molecule has 0 saturated carbocycles. The molecule has 2 aliphatic rings. The van der Waals surface area contributed by atoms with E-state index in [0.29, 0.717) is 24.2 Å². The molecule has 6 nitrogen and oxygen atoms in total. The number of non-ortho nitro benzene ring substituents is 1. The third-order valence-corrected chi connectivity index (χ3v) is 7.34. The van der Waals surface area contributed by atoms with Gasteiger partial charge in [-0.1, -0.05) is 54.6 Å². The van der Waals surface area contributed by atoms with E-state index in [1.807, 2.05) is 30.5 Å². The Morgan fingerprint density at radius 3 is 2.53 bits per heavy atom. The Balaban J connectivity index is 1.15. The van der Waals surface area contributed by atoms with E-state index in [9.17, 15) is 10.1 Å². The number of aliphatic imine (C=N–C) groups is 1. The molecule has 1 aliphatic carbocycles. The first-order chi connectivity index (χ1) is 18.7. The van der Waals surface area contributed by atoms with Gasteiger partial charge in [0.05, 0.1) is 16.7 Å². The van der Waals surface area contributed by atoms with Crippen molar-refractivity contribution in [2.75, 3.05) is 5.32 Å². The van der Waals surface area contributed by atoms with Crippen molar-refractivity contribution in [2.45, 2.75) is 25.0 Å². The van der Waals surface area contributed by atoms with Gasteiger partial charge in [0.1, 0.15) is 12.4 Å². The van der Waals surface area contributed by atoms with Crippen molar-refractivity contribution in [2.24, 2.45) is 10.9 Å². The number of benzene rings is 4. The Bertz CT molecular complexity index is 1510. The van der Waals surface area contributed by atoms with E-state index < -0.39 is 4.92 Å². The predicted molar refractivity (Wildman–Crippen MR) is 150 cm³/mol. The van der Waals surface area contributed by atoms with Crippen LogP contribution in [-0.2, 0) is 6.61 Å². The first-order valence-electron chi connectivity index (χ1n) is 12.8. The van der Waals surface area contributed by atoms with E-state index in [1.165, 1.54) is 28.9 Å². The van der Waals surface area contributed by atoms with Crippen molar-refractivity contribution in [1.29, 1.82) is 0 Å². The SMILES string of the molecule is O=[N+]([O-])c1ccc(COc2ccccc2C=Nc2ccc([C@@H]3Nc4ccccc4[C@H]4C=CC[C@@H]43)cc2)cc1. The van der Waals surface area contributed by atoms with Crippen molar-refractivity contribution in [3.8, 4) is 5.75 Å². The first kappa shape index (κ1) is 23.7. The van der Waals surface area contributed by atoms with Crippen molar-refractivity contribution in [3.63, 3.8) is 0 Å². The maximum atomic E-state index is 10.9. The summed E-state index contributed by atoms with van der Waals surface area (Å²) in [6, 6.07) is 31.4. The maximum Gasteiger partial charge on any atom is 0.269 e. The van der Waals surface area contributed by atoms with E-state index in [1.54, 1.807) is 12.1 Å². The molecule has 0 radical (unpaired) electrons. The number of nitrogens with one attached hydrogen (secondary N) is 1. The summed E-state index contributed by atoms with van der Waals surface area (Å²) in [5.74, 6) is 1.67. The van der Waals surface area contributed by atoms with Crippen LogP contribution >= 0.6 is 0 Å². The third-order valence-electron chi connectivity index (χ3n) is 7.34. The number of hydrogen-bond donors (Lipinski definition) is 1. The molecule has 0 bridgehead atoms. The lowest BCUT2D eigenvalue weighted by molar-refractivity contribution is -0.384. The summed E-state index contributed by atoms with van der Waals surface area (Å²) in [5, 5.41) is 14.6. The summed E-state index contributed by atoms with van der Waals surface area (Å²) in [7, 11) is 0. The number of fused-ring (bicyclic) bond motifs is 3. The van der Waals surface area contributed by atoms with Gasteiger partial charge in [-0.15, -0.1) is 0 Å². The third kappa shape index (κ3) is 4.81. The minimum absolute atomic E-state index is 0.0658. The number of para-hydroxylation sites is 2. The lowest BCUT2D eigenvalue weighted by Gasteiger charge is -2.37. The fraction of sp³-hybridized carbons (Fsp3) is 0.156. The molecule has 0 saturated heterocycles. The Kier molecular flexibility index (Phi) is 6.44. The van der Waals surface area contributed by atoms with E-state index >= 15 is 0 Å². The number of hydrogen-bond acceptors (Lipinski definition) is 5. The van der Waals surface area contributed by atoms with E-state index in [4.69, 9.17) is 9.73 Å². The molecule has 38 heavy (non-hydrogen) atoms. The standard InChI is InChI=1S/C32H27N3O3/c36-35(37)26-18-12-22(13-19-26)21-38-31-11-4-1-6-24(31)20-33-25-16-14-23(15-17-25)32-29-9-5-8-27(29)28-7-2-3-10-30(28)34-32/h1-8,10-20,27,29,32,34H,9,21H2/t27-,29+,32+/m1/s1. The highest BCUT2D eigenvalue weighted by molar-refractivity contribution is 5.85. The molecule has 188 valence electrons. The van der Waals surface area contributed by atoms with Crippen LogP contribution in [0.2, 0.25) is 0 Å². The molecule has 0 amide bonds. The van der Waals surface area contributed by atoms with Crippen LogP contribution in [0, 0.1) is 16.0 Å². The largest absolute Gasteiger partial charge is 0.488 e. The van der Waals surface area contributed by atoms with Gasteiger partial charge in [-0.25, -0.2) is 0 Å². The van der Waals surface area contributed by atoms with Crippen molar-refractivity contribution < 1.29 is 9.66 Å². The van der Waals surface area contributed by atoms with Crippen LogP contribution in [0.4, 0.5) is 17.1 Å². The summed E-state index contributed by atoms with van der Waals surface area (Å²) in [5.41, 5.74) is 6.53. The average molecular weight is 502 g/mol. The molecule has 0 fully saturated rings. The van der Waals surface area contributed by atoms with E-state index in [-0.39, 0.29) is 11.7 Å². The second-order valence-corrected chi connectivity index (χ2v) is 9.66. The van der Waals surface area contributed by atoms with Crippen LogP contribution in [0.1, 0.15) is 40.6 Å². The van der Waals surface area contributed by atoms with E-state index in [2.05, 4.69) is 66.0 Å². The van der Waals surface area contributed by atoms with Crippen LogP contribution in [0.5, 0.6) is 5.75 Å². The molecular formula is C32H27N3O3. The molecule has 0 aromatic heterocycles. The van der Waals surface area contributed by atoms with Crippen LogP contribution in [-0.4, -0.2) is 11.1 Å². The number of nitrogens with zero attached hydrogens (tertiary/aromatic N) is 2. The van der Waals surface area contributed by atoms with Crippen molar-refractivity contribution in [1.82, 2.24) is 0 Å². The second-order valence-electron chi connectivity index (χ2n) is 9.66. The minimum Gasteiger partial charge on any atom is -0.488 e. The van der Waals surface area contributed by atoms with Gasteiger partial charge in [-0.05, 0) is 71.5 Å². The maximum absolute atomic E-state index is 10.9. The Labute approximate surface area is 221 Å². The molecule has 4 aromatic rings. The van der Waals surface area contributed by atoms with Crippen LogP contribution < -0.4 is 10.1 Å². The molecule has 0 spiro atoms. The van der Waals surface area contributed by atoms with Crippen LogP contribution in [0.3, 0.4) is 0 Å². The molecule has 6 heteroatoms. The molecule has 1 aliphatic heterocycles. The first-order valence-corrected chi connectivity index (χ1v) is 12.8. The highest BCUT2D eigenvalue weighted by atomic mass is 16.6. The fourth-order valence-electron chi connectivity index (χ4n) is 5.38. The van der Waals surface area contributed by atoms with Gasteiger partial charge >= 0.3 is 0 Å². The van der Waals surface area contributed by atoms with Gasteiger partial charge in [0.2, 0.25) is 0 Å². The highest BCUT2D eigenvalue weighted by Gasteiger charge is 2.37. The Hall–Kier alpha value is -4.71. The quantitative estimate of drug-likeness (QED) is 0.122. The summed E-state index contributed by atoms with van der Waals surface area (Å²) < 4.78 is 6.00. The molecule has 6 rings (SSSR count). The zero-order valence-electron chi connectivity index (χ0n) is 20.7. The highest BCUT2D eigenvalue weighted by Crippen LogP contribution is 2.49. The average Bonchev–Trinajstić information content (AvgIpc) is 3.46. The monoisotopic (exact) mass is 501 g/mol. The Morgan fingerprint density at radius 2 is 1.71 bits per heavy atom. The number of nitro benzene ring substituents is 1. The van der Waals surface area contributed by atoms with Crippen LogP contribution in [0.25, 0.3) is 0 Å². The summed E-state index contributed by atoms with van der Waals surface area (Å²) in [4.78, 5) is 15.2. The predicted octanol–water partition coefficient (Wildman–Crippen LogP) is 7.75. The molecule has 0 unspecified atom stereocenters. The summed E-state index contributed by atoms with van der Waals surface area (Å²) in [6.07, 6.45) is 7.56. The fourth-order valence-corrected chi connectivity index (χ4v) is 5.38. The Morgan fingerprint density at radius 1 is 0.947 bits per heavy atom. The number of nitro groups is 1. The lowest BCUT2D eigenvalue weighted by Crippen LogP contribution is -2.28. The lowest BCUT2D eigenvalue weighted by atomic mass is 9.77. The van der Waals surface area contributed by atoms with Crippen molar-refractivity contribution in [3.05, 3.63) is 142 Å². The second kappa shape index (κ2) is 10.3. The number of allylic oxidation sites excluding steroid dienone is 2. The number of ether oxygens (including phenoxy) is 1. The molecule has 1 heterocycles. The smallest absolute Gasteiger partial charge is 0.269 e.